The van der Waals surface area contributed by atoms with Gasteiger partial charge in [-0.25, -0.2) is 4.98 Å². The number of nitrogen functional groups attached to an aromatic ring is 1. The highest BCUT2D eigenvalue weighted by molar-refractivity contribution is 9.10. The van der Waals surface area contributed by atoms with Gasteiger partial charge in [-0.15, -0.1) is 0 Å². The standard InChI is InChI=1S/C13H12BrN3O/c14-12-5-4-11(8-16-12)17-13(18)7-9-2-1-3-10(15)6-9/h1-6,8H,7,15H2,(H,17,18). The number of anilines is 2. The van der Waals surface area contributed by atoms with Crippen molar-refractivity contribution in [3.63, 3.8) is 0 Å². The molecule has 1 aromatic carbocycles. The number of rotatable bonds is 3. The summed E-state index contributed by atoms with van der Waals surface area (Å²) in [5.41, 5.74) is 7.87. The molecular formula is C13H12BrN3O. The third kappa shape index (κ3) is 3.56. The number of carbonyl (C=O) groups is 1. The van der Waals surface area contributed by atoms with E-state index in [1.54, 1.807) is 30.5 Å². The molecule has 0 spiro atoms. The molecule has 2 aromatic rings. The number of nitrogens with two attached hydrogens (primary N) is 1. The number of amides is 1. The highest BCUT2D eigenvalue weighted by Crippen LogP contribution is 2.12. The molecule has 0 aliphatic rings. The number of aromatic nitrogens is 1. The van der Waals surface area contributed by atoms with Crippen LogP contribution in [-0.4, -0.2) is 10.9 Å². The third-order valence-corrected chi connectivity index (χ3v) is 2.80. The molecule has 1 heterocycles. The number of pyridine rings is 1. The second-order valence-electron chi connectivity index (χ2n) is 3.84. The van der Waals surface area contributed by atoms with Crippen LogP contribution in [0.4, 0.5) is 11.4 Å². The van der Waals surface area contributed by atoms with Gasteiger partial charge in [0, 0.05) is 5.69 Å². The molecule has 18 heavy (non-hydrogen) atoms. The molecule has 2 rings (SSSR count). The van der Waals surface area contributed by atoms with Crippen molar-refractivity contribution in [1.29, 1.82) is 0 Å². The molecule has 3 N–H and O–H groups in total. The second-order valence-corrected chi connectivity index (χ2v) is 4.65. The topological polar surface area (TPSA) is 68.0 Å². The lowest BCUT2D eigenvalue weighted by Crippen LogP contribution is -2.14. The molecule has 92 valence electrons. The Morgan fingerprint density at radius 3 is 2.83 bits per heavy atom. The van der Waals surface area contributed by atoms with Crippen LogP contribution >= 0.6 is 15.9 Å². The summed E-state index contributed by atoms with van der Waals surface area (Å²) in [6.45, 7) is 0. The van der Waals surface area contributed by atoms with Crippen molar-refractivity contribution >= 4 is 33.2 Å². The van der Waals surface area contributed by atoms with E-state index in [1.807, 2.05) is 12.1 Å². The van der Waals surface area contributed by atoms with Crippen molar-refractivity contribution in [3.8, 4) is 0 Å². The molecule has 0 unspecified atom stereocenters. The molecule has 4 nitrogen and oxygen atoms in total. The minimum absolute atomic E-state index is 0.0928. The zero-order valence-corrected chi connectivity index (χ0v) is 11.1. The van der Waals surface area contributed by atoms with Crippen LogP contribution in [0.2, 0.25) is 0 Å². The fourth-order valence-corrected chi connectivity index (χ4v) is 1.78. The van der Waals surface area contributed by atoms with Gasteiger partial charge >= 0.3 is 0 Å². The Bertz CT molecular complexity index is 554. The molecule has 0 atom stereocenters. The maximum absolute atomic E-state index is 11.8. The summed E-state index contributed by atoms with van der Waals surface area (Å²) in [5, 5.41) is 2.77. The van der Waals surface area contributed by atoms with Crippen molar-refractivity contribution in [2.24, 2.45) is 0 Å². The van der Waals surface area contributed by atoms with E-state index < -0.39 is 0 Å². The highest BCUT2D eigenvalue weighted by Gasteiger charge is 2.04. The second kappa shape index (κ2) is 5.64. The molecule has 1 aromatic heterocycles. The summed E-state index contributed by atoms with van der Waals surface area (Å²) >= 11 is 3.24. The van der Waals surface area contributed by atoms with Crippen molar-refractivity contribution in [3.05, 3.63) is 52.8 Å². The molecule has 5 heteroatoms. The van der Waals surface area contributed by atoms with Crippen LogP contribution in [0.1, 0.15) is 5.56 Å². The average Bonchev–Trinajstić information content (AvgIpc) is 2.32. The first-order valence-electron chi connectivity index (χ1n) is 5.39. The van der Waals surface area contributed by atoms with Crippen LogP contribution in [0.15, 0.2) is 47.2 Å². The highest BCUT2D eigenvalue weighted by atomic mass is 79.9. The normalized spacial score (nSPS) is 10.1. The van der Waals surface area contributed by atoms with E-state index in [2.05, 4.69) is 26.2 Å². The largest absolute Gasteiger partial charge is 0.399 e. The first-order valence-corrected chi connectivity index (χ1v) is 6.18. The van der Waals surface area contributed by atoms with Crippen molar-refractivity contribution < 1.29 is 4.79 Å². The van der Waals surface area contributed by atoms with Crippen LogP contribution in [0, 0.1) is 0 Å². The van der Waals surface area contributed by atoms with E-state index in [9.17, 15) is 4.79 Å². The van der Waals surface area contributed by atoms with E-state index in [0.717, 1.165) is 10.2 Å². The third-order valence-electron chi connectivity index (χ3n) is 2.33. The summed E-state index contributed by atoms with van der Waals surface area (Å²) in [5.74, 6) is -0.0928. The molecular weight excluding hydrogens is 294 g/mol. The Kier molecular flexibility index (Phi) is 3.94. The molecule has 0 saturated carbocycles. The van der Waals surface area contributed by atoms with E-state index in [1.165, 1.54) is 0 Å². The summed E-state index contributed by atoms with van der Waals surface area (Å²) < 4.78 is 0.733. The first kappa shape index (κ1) is 12.6. The minimum Gasteiger partial charge on any atom is -0.399 e. The maximum Gasteiger partial charge on any atom is 0.228 e. The lowest BCUT2D eigenvalue weighted by atomic mass is 10.1. The quantitative estimate of drug-likeness (QED) is 0.676. The summed E-state index contributed by atoms with van der Waals surface area (Å²) in [7, 11) is 0. The average molecular weight is 306 g/mol. The fourth-order valence-electron chi connectivity index (χ4n) is 1.54. The smallest absolute Gasteiger partial charge is 0.228 e. The van der Waals surface area contributed by atoms with Gasteiger partial charge in [0.25, 0.3) is 0 Å². The number of benzene rings is 1. The Labute approximate surface area is 113 Å². The SMILES string of the molecule is Nc1cccc(CC(=O)Nc2ccc(Br)nc2)c1. The number of halogens is 1. The van der Waals surface area contributed by atoms with Gasteiger partial charge in [0.05, 0.1) is 18.3 Å². The van der Waals surface area contributed by atoms with E-state index in [4.69, 9.17) is 5.73 Å². The Balaban J connectivity index is 1.98. The predicted octanol–water partition coefficient (Wildman–Crippen LogP) is 2.61. The fraction of sp³-hybridized carbons (Fsp3) is 0.0769. The minimum atomic E-state index is -0.0928. The summed E-state index contributed by atoms with van der Waals surface area (Å²) in [4.78, 5) is 15.8. The van der Waals surface area contributed by atoms with E-state index >= 15 is 0 Å². The van der Waals surface area contributed by atoms with Gasteiger partial charge in [0.2, 0.25) is 5.91 Å². The molecule has 0 aliphatic carbocycles. The monoisotopic (exact) mass is 305 g/mol. The molecule has 0 radical (unpaired) electrons. The Hall–Kier alpha value is -1.88. The predicted molar refractivity (Wildman–Crippen MR) is 75.1 cm³/mol. The van der Waals surface area contributed by atoms with Gasteiger partial charge in [-0.05, 0) is 45.8 Å². The van der Waals surface area contributed by atoms with Crippen LogP contribution < -0.4 is 11.1 Å². The number of nitrogens with one attached hydrogen (secondary N) is 1. The summed E-state index contributed by atoms with van der Waals surface area (Å²) in [6.07, 6.45) is 1.89. The van der Waals surface area contributed by atoms with Crippen LogP contribution in [0.25, 0.3) is 0 Å². The van der Waals surface area contributed by atoms with Gasteiger partial charge in [0.15, 0.2) is 0 Å². The maximum atomic E-state index is 11.8. The number of carbonyl (C=O) groups excluding carboxylic acids is 1. The zero-order valence-electron chi connectivity index (χ0n) is 9.56. The van der Waals surface area contributed by atoms with Gasteiger partial charge in [-0.3, -0.25) is 4.79 Å². The van der Waals surface area contributed by atoms with E-state index in [-0.39, 0.29) is 5.91 Å². The number of hydrogen-bond donors (Lipinski definition) is 2. The van der Waals surface area contributed by atoms with E-state index in [0.29, 0.717) is 17.8 Å². The van der Waals surface area contributed by atoms with Crippen LogP contribution in [-0.2, 0) is 11.2 Å². The molecule has 0 bridgehead atoms. The lowest BCUT2D eigenvalue weighted by molar-refractivity contribution is -0.115. The molecule has 0 fully saturated rings. The van der Waals surface area contributed by atoms with Crippen LogP contribution in [0.3, 0.4) is 0 Å². The van der Waals surface area contributed by atoms with Gasteiger partial charge < -0.3 is 11.1 Å². The number of hydrogen-bond acceptors (Lipinski definition) is 3. The van der Waals surface area contributed by atoms with Gasteiger partial charge in [-0.2, -0.15) is 0 Å². The summed E-state index contributed by atoms with van der Waals surface area (Å²) in [6, 6.07) is 10.8. The zero-order chi connectivity index (χ0) is 13.0. The Morgan fingerprint density at radius 2 is 2.17 bits per heavy atom. The molecule has 1 amide bonds. The lowest BCUT2D eigenvalue weighted by Gasteiger charge is -2.05. The van der Waals surface area contributed by atoms with Crippen molar-refractivity contribution in [1.82, 2.24) is 4.98 Å². The van der Waals surface area contributed by atoms with Crippen molar-refractivity contribution in [2.75, 3.05) is 11.1 Å². The first-order chi connectivity index (χ1) is 8.63. The van der Waals surface area contributed by atoms with Crippen LogP contribution in [0.5, 0.6) is 0 Å². The Morgan fingerprint density at radius 1 is 1.33 bits per heavy atom. The van der Waals surface area contributed by atoms with Gasteiger partial charge in [-0.1, -0.05) is 12.1 Å². The molecule has 0 saturated heterocycles. The van der Waals surface area contributed by atoms with Gasteiger partial charge in [0.1, 0.15) is 4.60 Å². The molecule has 0 aliphatic heterocycles. The van der Waals surface area contributed by atoms with Crippen molar-refractivity contribution in [2.45, 2.75) is 6.42 Å². The number of nitrogens with zero attached hydrogens (tertiary/aromatic N) is 1.